The van der Waals surface area contributed by atoms with Crippen molar-refractivity contribution in [1.29, 1.82) is 0 Å². The number of urea groups is 2. The predicted molar refractivity (Wildman–Crippen MR) is 207 cm³/mol. The van der Waals surface area contributed by atoms with Crippen LogP contribution in [-0.4, -0.2) is 139 Å². The summed E-state index contributed by atoms with van der Waals surface area (Å²) in [5.74, 6) is -0.275. The molecule has 0 aliphatic carbocycles. The first-order valence-corrected chi connectivity index (χ1v) is 20.0. The lowest BCUT2D eigenvalue weighted by Gasteiger charge is -2.43. The molecule has 15 heteroatoms. The van der Waals surface area contributed by atoms with Gasteiger partial charge in [-0.3, -0.25) is 19.4 Å². The number of esters is 1. The highest BCUT2D eigenvalue weighted by Gasteiger charge is 2.35. The molecule has 6 rings (SSSR count). The fourth-order valence-corrected chi connectivity index (χ4v) is 9.19. The number of hydrogen-bond acceptors (Lipinski definition) is 8. The number of nitrogens with one attached hydrogen (secondary N) is 2. The Bertz CT molecular complexity index is 1580. The van der Waals surface area contributed by atoms with Gasteiger partial charge in [0.2, 0.25) is 5.91 Å². The molecule has 1 atom stereocenters. The third-order valence-corrected chi connectivity index (χ3v) is 12.2. The molecule has 4 aliphatic heterocycles. The number of nitrogens with two attached hydrogens (primary N) is 1. The van der Waals surface area contributed by atoms with E-state index in [1.165, 1.54) is 0 Å². The number of hydrogen-bond donors (Lipinski definition) is 3. The summed E-state index contributed by atoms with van der Waals surface area (Å²) in [4.78, 5) is 63.2. The molecule has 0 saturated carbocycles. The van der Waals surface area contributed by atoms with E-state index in [0.717, 1.165) is 71.2 Å². The summed E-state index contributed by atoms with van der Waals surface area (Å²) in [5.41, 5.74) is 9.58. The number of halogens is 2. The summed E-state index contributed by atoms with van der Waals surface area (Å²) in [6, 6.07) is 11.0. The maximum Gasteiger partial charge on any atom is 0.322 e. The Kier molecular flexibility index (Phi) is 13.0. The summed E-state index contributed by atoms with van der Waals surface area (Å²) in [6.45, 7) is 8.54. The van der Waals surface area contributed by atoms with E-state index in [9.17, 15) is 19.2 Å². The Morgan fingerprint density at radius 1 is 0.904 bits per heavy atom. The number of piperazine rings is 1. The average molecular weight is 847 g/mol. The van der Waals surface area contributed by atoms with Crippen LogP contribution in [0.15, 0.2) is 45.3 Å². The summed E-state index contributed by atoms with van der Waals surface area (Å²) >= 11 is 7.05. The molecule has 0 unspecified atom stereocenters. The van der Waals surface area contributed by atoms with E-state index in [1.54, 1.807) is 4.90 Å². The molecule has 52 heavy (non-hydrogen) atoms. The molecule has 13 nitrogen and oxygen atoms in total. The number of carbonyl (C=O) groups excluding carboxylic acids is 4. The number of amides is 5. The molecule has 4 N–H and O–H groups in total. The number of ether oxygens (including phenoxy) is 1. The number of nitrogens with zero attached hydrogens (tertiary/aromatic N) is 5. The summed E-state index contributed by atoms with van der Waals surface area (Å²) in [7, 11) is 0. The van der Waals surface area contributed by atoms with Gasteiger partial charge in [-0.1, -0.05) is 18.2 Å². The Hall–Kier alpha value is -3.40. The standard InChI is InChI=1S/C37H50Br2N8O5/c1-2-52-33(48)24-43-12-8-27(9-13-43)44-17-19-45(20-18-44)35(49)32(23-25-21-29(38)34(40)30(39)22-25)42-36(50)46-14-10-28(11-15-46)47-16-7-26-5-3-4-6-31(26)41-37(47)51/h3-6,21-22,27-28,32H,2,7-20,23-24,40H2,1H3,(H,41,51)(H,42,50)/t32-/m0/s1. The molecule has 282 valence electrons. The second-order valence-corrected chi connectivity index (χ2v) is 15.8. The minimum atomic E-state index is -0.764. The van der Waals surface area contributed by atoms with Gasteiger partial charge in [0.25, 0.3) is 0 Å². The highest BCUT2D eigenvalue weighted by Crippen LogP contribution is 2.31. The van der Waals surface area contributed by atoms with Crippen LogP contribution in [0.3, 0.4) is 0 Å². The molecule has 3 fully saturated rings. The number of para-hydroxylation sites is 1. The number of likely N-dealkylation sites (tertiary alicyclic amines) is 2. The van der Waals surface area contributed by atoms with E-state index in [1.807, 2.05) is 53.1 Å². The van der Waals surface area contributed by atoms with Gasteiger partial charge in [-0.05, 0) is 100 Å². The maximum atomic E-state index is 14.2. The van der Waals surface area contributed by atoms with Crippen LogP contribution in [0.2, 0.25) is 0 Å². The van der Waals surface area contributed by atoms with Crippen molar-refractivity contribution < 1.29 is 23.9 Å². The molecular weight excluding hydrogens is 796 g/mol. The summed E-state index contributed by atoms with van der Waals surface area (Å²) < 4.78 is 6.56. The van der Waals surface area contributed by atoms with E-state index in [4.69, 9.17) is 10.5 Å². The van der Waals surface area contributed by atoms with Crippen LogP contribution in [0.1, 0.15) is 43.7 Å². The van der Waals surface area contributed by atoms with Gasteiger partial charge in [0.15, 0.2) is 0 Å². The van der Waals surface area contributed by atoms with Crippen LogP contribution in [-0.2, 0) is 27.2 Å². The van der Waals surface area contributed by atoms with Crippen LogP contribution in [0.5, 0.6) is 0 Å². The molecule has 0 aromatic heterocycles. The van der Waals surface area contributed by atoms with Crippen molar-refractivity contribution in [3.05, 3.63) is 56.5 Å². The first-order chi connectivity index (χ1) is 25.1. The predicted octanol–water partition coefficient (Wildman–Crippen LogP) is 4.14. The number of anilines is 2. The number of piperidine rings is 2. The Morgan fingerprint density at radius 2 is 1.56 bits per heavy atom. The van der Waals surface area contributed by atoms with Gasteiger partial charge in [-0.25, -0.2) is 9.59 Å². The minimum Gasteiger partial charge on any atom is -0.465 e. The molecule has 3 saturated heterocycles. The average Bonchev–Trinajstić information content (AvgIpc) is 3.31. The number of rotatable bonds is 9. The van der Waals surface area contributed by atoms with Gasteiger partial charge in [-0.2, -0.15) is 0 Å². The van der Waals surface area contributed by atoms with Crippen LogP contribution < -0.4 is 16.4 Å². The second kappa shape index (κ2) is 17.6. The number of carbonyl (C=O) groups is 4. The first kappa shape index (κ1) is 38.3. The van der Waals surface area contributed by atoms with Crippen LogP contribution >= 0.6 is 31.9 Å². The van der Waals surface area contributed by atoms with Crippen molar-refractivity contribution in [2.45, 2.75) is 63.6 Å². The molecule has 2 aromatic rings. The molecule has 0 bridgehead atoms. The Labute approximate surface area is 322 Å². The lowest BCUT2D eigenvalue weighted by Crippen LogP contribution is -2.59. The van der Waals surface area contributed by atoms with Gasteiger partial charge >= 0.3 is 18.0 Å². The quantitative estimate of drug-likeness (QED) is 0.253. The van der Waals surface area contributed by atoms with Gasteiger partial charge in [0, 0.05) is 92.0 Å². The van der Waals surface area contributed by atoms with E-state index in [2.05, 4.69) is 52.3 Å². The third kappa shape index (κ3) is 9.39. The zero-order chi connectivity index (χ0) is 36.8. The molecule has 0 spiro atoms. The highest BCUT2D eigenvalue weighted by molar-refractivity contribution is 9.11. The second-order valence-electron chi connectivity index (χ2n) is 14.1. The highest BCUT2D eigenvalue weighted by atomic mass is 79.9. The van der Waals surface area contributed by atoms with Gasteiger partial charge in [-0.15, -0.1) is 0 Å². The SMILES string of the molecule is CCOC(=O)CN1CCC(N2CCN(C(=O)[C@H](Cc3cc(Br)c(N)c(Br)c3)NC(=O)N3CCC(N4CCc5ccccc5NC4=O)CC3)CC2)CC1. The van der Waals surface area contributed by atoms with Crippen LogP contribution in [0.4, 0.5) is 21.0 Å². The molecule has 0 radical (unpaired) electrons. The third-order valence-electron chi connectivity index (χ3n) is 10.9. The largest absolute Gasteiger partial charge is 0.465 e. The maximum absolute atomic E-state index is 14.2. The van der Waals surface area contributed by atoms with Crippen molar-refractivity contribution in [1.82, 2.24) is 29.8 Å². The number of fused-ring (bicyclic) bond motifs is 1. The van der Waals surface area contributed by atoms with Crippen molar-refractivity contribution in [2.24, 2.45) is 0 Å². The zero-order valence-electron chi connectivity index (χ0n) is 29.8. The molecule has 4 aliphatic rings. The van der Waals surface area contributed by atoms with E-state index in [0.29, 0.717) is 76.9 Å². The van der Waals surface area contributed by atoms with Crippen LogP contribution in [0, 0.1) is 0 Å². The minimum absolute atomic E-state index is 0.0290. The van der Waals surface area contributed by atoms with Crippen molar-refractivity contribution in [2.75, 3.05) is 83.1 Å². The molecule has 2 aromatic carbocycles. The fourth-order valence-electron chi connectivity index (χ4n) is 7.91. The molecule has 5 amide bonds. The Balaban J connectivity index is 1.05. The van der Waals surface area contributed by atoms with Gasteiger partial charge in [0.1, 0.15) is 6.04 Å². The van der Waals surface area contributed by atoms with Crippen molar-refractivity contribution >= 4 is 67.2 Å². The van der Waals surface area contributed by atoms with E-state index < -0.39 is 6.04 Å². The summed E-state index contributed by atoms with van der Waals surface area (Å²) in [5, 5.41) is 6.16. The lowest BCUT2D eigenvalue weighted by atomic mass is 10.0. The monoisotopic (exact) mass is 844 g/mol. The lowest BCUT2D eigenvalue weighted by molar-refractivity contribution is -0.144. The van der Waals surface area contributed by atoms with Gasteiger partial charge in [0.05, 0.1) is 18.8 Å². The topological polar surface area (TPSA) is 144 Å². The first-order valence-electron chi connectivity index (χ1n) is 18.4. The summed E-state index contributed by atoms with van der Waals surface area (Å²) in [6.07, 6.45) is 4.36. The Morgan fingerprint density at radius 3 is 2.23 bits per heavy atom. The molecule has 4 heterocycles. The zero-order valence-corrected chi connectivity index (χ0v) is 33.0. The normalized spacial score (nSPS) is 20.1. The number of benzene rings is 2. The van der Waals surface area contributed by atoms with Crippen molar-refractivity contribution in [3.8, 4) is 0 Å². The van der Waals surface area contributed by atoms with E-state index >= 15 is 0 Å². The fraction of sp³-hybridized carbons (Fsp3) is 0.568. The number of nitrogen functional groups attached to an aromatic ring is 1. The smallest absolute Gasteiger partial charge is 0.322 e. The molecular formula is C37H50Br2N8O5. The van der Waals surface area contributed by atoms with Crippen molar-refractivity contribution in [3.63, 3.8) is 0 Å². The van der Waals surface area contributed by atoms with Gasteiger partial charge < -0.3 is 35.8 Å². The van der Waals surface area contributed by atoms with Crippen LogP contribution in [0.25, 0.3) is 0 Å². The van der Waals surface area contributed by atoms with E-state index in [-0.39, 0.29) is 30.0 Å².